The average Bonchev–Trinajstić information content (AvgIpc) is 2.27. The lowest BCUT2D eigenvalue weighted by molar-refractivity contribution is -0.168. The Morgan fingerprint density at radius 2 is 2.06 bits per heavy atom. The molecule has 0 radical (unpaired) electrons. The lowest BCUT2D eigenvalue weighted by atomic mass is 9.69. The quantitative estimate of drug-likeness (QED) is 0.777. The van der Waals surface area contributed by atoms with E-state index >= 15 is 0 Å². The van der Waals surface area contributed by atoms with Gasteiger partial charge in [0.15, 0.2) is 5.60 Å². The van der Waals surface area contributed by atoms with Crippen LogP contribution in [0.15, 0.2) is 0 Å². The van der Waals surface area contributed by atoms with Crippen LogP contribution in [0.4, 0.5) is 0 Å². The van der Waals surface area contributed by atoms with Gasteiger partial charge in [0.1, 0.15) is 0 Å². The van der Waals surface area contributed by atoms with E-state index in [2.05, 4.69) is 13.8 Å². The molecule has 0 saturated heterocycles. The minimum atomic E-state index is -1.51. The zero-order valence-corrected chi connectivity index (χ0v) is 10.6. The first kappa shape index (κ1) is 13.5. The van der Waals surface area contributed by atoms with Crippen molar-refractivity contribution < 1.29 is 15.0 Å². The molecule has 0 bridgehead atoms. The van der Waals surface area contributed by atoms with Crippen LogP contribution in [0.2, 0.25) is 0 Å². The van der Waals surface area contributed by atoms with E-state index in [1.54, 1.807) is 6.92 Å². The number of aliphatic hydroxyl groups is 1. The van der Waals surface area contributed by atoms with E-state index in [0.717, 1.165) is 19.3 Å². The largest absolute Gasteiger partial charge is 0.479 e. The van der Waals surface area contributed by atoms with Gasteiger partial charge in [-0.05, 0) is 37.0 Å². The summed E-state index contributed by atoms with van der Waals surface area (Å²) in [4.78, 5) is 11.2. The van der Waals surface area contributed by atoms with Crippen LogP contribution in [0, 0.1) is 17.8 Å². The third kappa shape index (κ3) is 2.57. The molecule has 0 aromatic rings. The van der Waals surface area contributed by atoms with E-state index in [0.29, 0.717) is 18.3 Å². The highest BCUT2D eigenvalue weighted by molar-refractivity contribution is 5.77. The van der Waals surface area contributed by atoms with Crippen LogP contribution in [0.25, 0.3) is 0 Å². The second-order valence-electron chi connectivity index (χ2n) is 5.45. The van der Waals surface area contributed by atoms with Gasteiger partial charge in [-0.25, -0.2) is 4.79 Å². The fraction of sp³-hybridized carbons (Fsp3) is 0.923. The summed E-state index contributed by atoms with van der Waals surface area (Å²) in [7, 11) is 0. The van der Waals surface area contributed by atoms with Crippen LogP contribution in [-0.2, 0) is 4.79 Å². The van der Waals surface area contributed by atoms with Gasteiger partial charge in [0, 0.05) is 0 Å². The van der Waals surface area contributed by atoms with Gasteiger partial charge in [0.25, 0.3) is 0 Å². The van der Waals surface area contributed by atoms with Crippen molar-refractivity contribution in [2.45, 2.75) is 58.5 Å². The molecule has 1 fully saturated rings. The molecule has 16 heavy (non-hydrogen) atoms. The molecular weight excluding hydrogens is 204 g/mol. The number of carboxylic acids is 1. The van der Waals surface area contributed by atoms with E-state index in [1.165, 1.54) is 6.42 Å². The smallest absolute Gasteiger partial charge is 0.335 e. The van der Waals surface area contributed by atoms with Crippen molar-refractivity contribution in [1.82, 2.24) is 0 Å². The summed E-state index contributed by atoms with van der Waals surface area (Å²) in [5.41, 5.74) is -1.51. The molecule has 1 rings (SSSR count). The number of rotatable bonds is 4. The fourth-order valence-corrected chi connectivity index (χ4v) is 2.88. The summed E-state index contributed by atoms with van der Waals surface area (Å²) in [5.74, 6) is 0.0226. The molecule has 0 aromatic carbocycles. The number of aliphatic carboxylic acids is 1. The van der Waals surface area contributed by atoms with Gasteiger partial charge in [-0.2, -0.15) is 0 Å². The van der Waals surface area contributed by atoms with Gasteiger partial charge in [-0.3, -0.25) is 0 Å². The maximum absolute atomic E-state index is 11.2. The molecule has 1 saturated carbocycles. The SMILES string of the molecule is CCC(O)(C(=O)O)C1CCCC(C(C)C)C1. The van der Waals surface area contributed by atoms with Crippen LogP contribution >= 0.6 is 0 Å². The molecule has 0 spiro atoms. The highest BCUT2D eigenvalue weighted by Gasteiger charge is 2.44. The molecule has 0 heterocycles. The Morgan fingerprint density at radius 3 is 2.50 bits per heavy atom. The van der Waals surface area contributed by atoms with Crippen LogP contribution in [0.5, 0.6) is 0 Å². The summed E-state index contributed by atoms with van der Waals surface area (Å²) < 4.78 is 0. The van der Waals surface area contributed by atoms with Crippen LogP contribution in [0.3, 0.4) is 0 Å². The summed E-state index contributed by atoms with van der Waals surface area (Å²) in [6.07, 6.45) is 4.22. The second kappa shape index (κ2) is 5.17. The van der Waals surface area contributed by atoms with E-state index in [4.69, 9.17) is 5.11 Å². The number of hydrogen-bond donors (Lipinski definition) is 2. The molecule has 1 aliphatic rings. The van der Waals surface area contributed by atoms with Crippen molar-refractivity contribution in [1.29, 1.82) is 0 Å². The highest BCUT2D eigenvalue weighted by atomic mass is 16.4. The summed E-state index contributed by atoms with van der Waals surface area (Å²) in [6, 6.07) is 0. The first-order valence-corrected chi connectivity index (χ1v) is 6.37. The molecule has 0 aromatic heterocycles. The van der Waals surface area contributed by atoms with Crippen LogP contribution in [-0.4, -0.2) is 21.8 Å². The molecule has 3 nitrogen and oxygen atoms in total. The zero-order chi connectivity index (χ0) is 12.3. The van der Waals surface area contributed by atoms with Gasteiger partial charge in [-0.1, -0.05) is 33.6 Å². The summed E-state index contributed by atoms with van der Waals surface area (Å²) in [5, 5.41) is 19.4. The van der Waals surface area contributed by atoms with Crippen LogP contribution in [0.1, 0.15) is 52.9 Å². The van der Waals surface area contributed by atoms with Crippen molar-refractivity contribution in [3.8, 4) is 0 Å². The van der Waals surface area contributed by atoms with Crippen molar-refractivity contribution in [3.05, 3.63) is 0 Å². The van der Waals surface area contributed by atoms with Gasteiger partial charge in [-0.15, -0.1) is 0 Å². The van der Waals surface area contributed by atoms with Gasteiger partial charge >= 0.3 is 5.97 Å². The van der Waals surface area contributed by atoms with E-state index in [9.17, 15) is 9.90 Å². The second-order valence-corrected chi connectivity index (χ2v) is 5.45. The number of carboxylic acid groups (broad SMARTS) is 1. The first-order valence-electron chi connectivity index (χ1n) is 6.37. The maximum atomic E-state index is 11.2. The van der Waals surface area contributed by atoms with E-state index in [-0.39, 0.29) is 5.92 Å². The Bertz CT molecular complexity index is 250. The Morgan fingerprint density at radius 1 is 1.44 bits per heavy atom. The lowest BCUT2D eigenvalue weighted by Crippen LogP contribution is -2.47. The minimum absolute atomic E-state index is 0.0730. The molecule has 2 N–H and O–H groups in total. The highest BCUT2D eigenvalue weighted by Crippen LogP contribution is 2.40. The molecule has 3 unspecified atom stereocenters. The zero-order valence-electron chi connectivity index (χ0n) is 10.6. The van der Waals surface area contributed by atoms with Crippen molar-refractivity contribution in [3.63, 3.8) is 0 Å². The Kier molecular flexibility index (Phi) is 4.36. The fourth-order valence-electron chi connectivity index (χ4n) is 2.88. The molecular formula is C13H24O3. The lowest BCUT2D eigenvalue weighted by Gasteiger charge is -2.39. The number of hydrogen-bond acceptors (Lipinski definition) is 2. The molecule has 0 aliphatic heterocycles. The minimum Gasteiger partial charge on any atom is -0.479 e. The standard InChI is InChI=1S/C13H24O3/c1-4-13(16,12(14)15)11-7-5-6-10(8-11)9(2)3/h9-11,16H,4-8H2,1-3H3,(H,14,15). The molecule has 3 heteroatoms. The Labute approximate surface area is 97.9 Å². The first-order chi connectivity index (χ1) is 7.41. The van der Waals surface area contributed by atoms with E-state index < -0.39 is 11.6 Å². The Balaban J connectivity index is 2.75. The van der Waals surface area contributed by atoms with Crippen molar-refractivity contribution in [2.24, 2.45) is 17.8 Å². The van der Waals surface area contributed by atoms with Crippen molar-refractivity contribution >= 4 is 5.97 Å². The normalized spacial score (nSPS) is 30.1. The average molecular weight is 228 g/mol. The van der Waals surface area contributed by atoms with Gasteiger partial charge in [0.2, 0.25) is 0 Å². The number of carbonyl (C=O) groups is 1. The topological polar surface area (TPSA) is 57.5 Å². The van der Waals surface area contributed by atoms with E-state index in [1.807, 2.05) is 0 Å². The summed E-state index contributed by atoms with van der Waals surface area (Å²) >= 11 is 0. The van der Waals surface area contributed by atoms with Gasteiger partial charge in [0.05, 0.1) is 0 Å². The monoisotopic (exact) mass is 228 g/mol. The maximum Gasteiger partial charge on any atom is 0.335 e. The summed E-state index contributed by atoms with van der Waals surface area (Å²) in [6.45, 7) is 6.12. The Hall–Kier alpha value is -0.570. The molecule has 1 aliphatic carbocycles. The molecule has 3 atom stereocenters. The third-order valence-electron chi connectivity index (χ3n) is 4.24. The molecule has 0 amide bonds. The molecule has 94 valence electrons. The predicted octanol–water partition coefficient (Wildman–Crippen LogP) is 2.67. The third-order valence-corrected chi connectivity index (χ3v) is 4.24. The van der Waals surface area contributed by atoms with Crippen molar-refractivity contribution in [2.75, 3.05) is 0 Å². The van der Waals surface area contributed by atoms with Gasteiger partial charge < -0.3 is 10.2 Å². The predicted molar refractivity (Wildman–Crippen MR) is 63.2 cm³/mol. The van der Waals surface area contributed by atoms with Crippen LogP contribution < -0.4 is 0 Å².